The summed E-state index contributed by atoms with van der Waals surface area (Å²) in [5.74, 6) is 0.189. The van der Waals surface area contributed by atoms with Gasteiger partial charge in [-0.3, -0.25) is 0 Å². The largest absolute Gasteiger partial charge is 0.504 e. The van der Waals surface area contributed by atoms with Gasteiger partial charge in [0.1, 0.15) is 5.82 Å². The third-order valence-corrected chi connectivity index (χ3v) is 3.44. The van der Waals surface area contributed by atoms with Crippen molar-refractivity contribution < 1.29 is 14.2 Å². The summed E-state index contributed by atoms with van der Waals surface area (Å²) in [4.78, 5) is 8.46. The minimum atomic E-state index is -0.353. The molecule has 7 heteroatoms. The SMILES string of the molecule is COc1cc2nc(N(Cl)c3ccc(F)cc3)ncc2cc1O. The Balaban J connectivity index is 2.03. The summed E-state index contributed by atoms with van der Waals surface area (Å²) in [7, 11) is 1.45. The highest BCUT2D eigenvalue weighted by Gasteiger charge is 2.12. The van der Waals surface area contributed by atoms with Crippen LogP contribution in [0.2, 0.25) is 0 Å². The lowest BCUT2D eigenvalue weighted by molar-refractivity contribution is 0.374. The van der Waals surface area contributed by atoms with Crippen molar-refractivity contribution in [3.05, 3.63) is 48.4 Å². The molecule has 0 aliphatic rings. The van der Waals surface area contributed by atoms with Crippen molar-refractivity contribution in [3.8, 4) is 11.5 Å². The van der Waals surface area contributed by atoms with Crippen molar-refractivity contribution in [2.45, 2.75) is 0 Å². The number of phenolic OH excluding ortho intramolecular Hbond substituents is 1. The van der Waals surface area contributed by atoms with Crippen molar-refractivity contribution in [3.63, 3.8) is 0 Å². The Kier molecular flexibility index (Phi) is 3.68. The fourth-order valence-electron chi connectivity index (χ4n) is 1.98. The van der Waals surface area contributed by atoms with E-state index in [4.69, 9.17) is 16.5 Å². The van der Waals surface area contributed by atoms with Gasteiger partial charge >= 0.3 is 0 Å². The highest BCUT2D eigenvalue weighted by Crippen LogP contribution is 2.32. The van der Waals surface area contributed by atoms with Crippen LogP contribution in [0.15, 0.2) is 42.6 Å². The fourth-order valence-corrected chi connectivity index (χ4v) is 2.18. The van der Waals surface area contributed by atoms with E-state index < -0.39 is 0 Å². The number of aromatic nitrogens is 2. The van der Waals surface area contributed by atoms with Crippen LogP contribution < -0.4 is 9.16 Å². The number of ether oxygens (including phenoxy) is 1. The van der Waals surface area contributed by atoms with Crippen molar-refractivity contribution in [1.82, 2.24) is 9.97 Å². The number of phenols is 1. The maximum absolute atomic E-state index is 13.0. The van der Waals surface area contributed by atoms with Crippen molar-refractivity contribution in [1.29, 1.82) is 0 Å². The van der Waals surface area contributed by atoms with Crippen LogP contribution in [0.3, 0.4) is 0 Å². The zero-order valence-electron chi connectivity index (χ0n) is 11.5. The Labute approximate surface area is 130 Å². The molecule has 1 heterocycles. The molecule has 0 atom stereocenters. The van der Waals surface area contributed by atoms with E-state index in [2.05, 4.69) is 9.97 Å². The molecule has 112 valence electrons. The molecular weight excluding hydrogens is 309 g/mol. The summed E-state index contributed by atoms with van der Waals surface area (Å²) in [6, 6.07) is 8.74. The molecule has 0 saturated carbocycles. The summed E-state index contributed by atoms with van der Waals surface area (Å²) < 4.78 is 19.2. The van der Waals surface area contributed by atoms with Crippen LogP contribution in [0, 0.1) is 5.82 Å². The van der Waals surface area contributed by atoms with Gasteiger partial charge in [-0.05, 0) is 30.3 Å². The van der Waals surface area contributed by atoms with Gasteiger partial charge in [-0.25, -0.2) is 18.8 Å². The van der Waals surface area contributed by atoms with E-state index in [0.717, 1.165) is 0 Å². The maximum atomic E-state index is 13.0. The van der Waals surface area contributed by atoms with Gasteiger partial charge in [0.25, 0.3) is 0 Å². The minimum Gasteiger partial charge on any atom is -0.504 e. The molecule has 1 N–H and O–H groups in total. The number of rotatable bonds is 3. The molecule has 5 nitrogen and oxygen atoms in total. The number of hydrogen-bond donors (Lipinski definition) is 1. The molecule has 0 bridgehead atoms. The second-order valence-electron chi connectivity index (χ2n) is 4.51. The molecule has 0 spiro atoms. The summed E-state index contributed by atoms with van der Waals surface area (Å²) in [5.41, 5.74) is 1.10. The molecule has 0 aliphatic carbocycles. The number of aromatic hydroxyl groups is 1. The normalized spacial score (nSPS) is 10.7. The highest BCUT2D eigenvalue weighted by atomic mass is 35.5. The molecule has 0 unspecified atom stereocenters. The van der Waals surface area contributed by atoms with Gasteiger partial charge in [0.2, 0.25) is 5.95 Å². The van der Waals surface area contributed by atoms with Gasteiger partial charge in [0, 0.05) is 29.4 Å². The van der Waals surface area contributed by atoms with Crippen LogP contribution in [-0.2, 0) is 0 Å². The average Bonchev–Trinajstić information content (AvgIpc) is 2.54. The Morgan fingerprint density at radius 1 is 1.23 bits per heavy atom. The van der Waals surface area contributed by atoms with Crippen LogP contribution in [0.5, 0.6) is 11.5 Å². The predicted molar refractivity (Wildman–Crippen MR) is 82.1 cm³/mol. The van der Waals surface area contributed by atoms with Crippen LogP contribution in [0.4, 0.5) is 16.0 Å². The number of halogens is 2. The molecule has 0 aliphatic heterocycles. The van der Waals surface area contributed by atoms with Gasteiger partial charge in [-0.2, -0.15) is 0 Å². The molecule has 3 aromatic rings. The smallest absolute Gasteiger partial charge is 0.245 e. The number of hydrogen-bond acceptors (Lipinski definition) is 5. The summed E-state index contributed by atoms with van der Waals surface area (Å²) in [6.45, 7) is 0. The van der Waals surface area contributed by atoms with E-state index in [0.29, 0.717) is 22.3 Å². The van der Waals surface area contributed by atoms with Gasteiger partial charge in [-0.15, -0.1) is 0 Å². The highest BCUT2D eigenvalue weighted by molar-refractivity contribution is 6.28. The second-order valence-corrected chi connectivity index (χ2v) is 4.85. The van der Waals surface area contributed by atoms with Crippen LogP contribution >= 0.6 is 11.8 Å². The lowest BCUT2D eigenvalue weighted by Gasteiger charge is -2.14. The molecule has 22 heavy (non-hydrogen) atoms. The standard InChI is InChI=1S/C15H11ClFN3O2/c1-22-14-7-12-9(6-13(14)21)8-18-15(19-12)20(16)11-4-2-10(17)3-5-11/h2-8,21H,1H3. The summed E-state index contributed by atoms with van der Waals surface area (Å²) in [6.07, 6.45) is 1.54. The van der Waals surface area contributed by atoms with E-state index in [1.54, 1.807) is 6.07 Å². The molecule has 3 rings (SSSR count). The zero-order valence-corrected chi connectivity index (χ0v) is 12.3. The topological polar surface area (TPSA) is 58.5 Å². The van der Waals surface area contributed by atoms with E-state index >= 15 is 0 Å². The first-order valence-electron chi connectivity index (χ1n) is 6.33. The number of fused-ring (bicyclic) bond motifs is 1. The zero-order chi connectivity index (χ0) is 15.7. The third kappa shape index (κ3) is 2.60. The molecule has 0 radical (unpaired) electrons. The summed E-state index contributed by atoms with van der Waals surface area (Å²) >= 11 is 6.19. The lowest BCUT2D eigenvalue weighted by Crippen LogP contribution is -2.06. The van der Waals surface area contributed by atoms with Gasteiger partial charge in [-0.1, -0.05) is 0 Å². The number of methoxy groups -OCH3 is 1. The quantitative estimate of drug-likeness (QED) is 0.745. The molecule has 2 aromatic carbocycles. The Morgan fingerprint density at radius 2 is 1.95 bits per heavy atom. The number of benzene rings is 2. The van der Waals surface area contributed by atoms with Gasteiger partial charge in [0.15, 0.2) is 11.5 Å². The Bertz CT molecular complexity index is 827. The van der Waals surface area contributed by atoms with Crippen molar-refractivity contribution in [2.24, 2.45) is 0 Å². The molecule has 1 aromatic heterocycles. The summed E-state index contributed by atoms with van der Waals surface area (Å²) in [5, 5.41) is 10.4. The number of anilines is 2. The third-order valence-electron chi connectivity index (χ3n) is 3.10. The first-order valence-corrected chi connectivity index (χ1v) is 6.67. The predicted octanol–water partition coefficient (Wildman–Crippen LogP) is 3.78. The fraction of sp³-hybridized carbons (Fsp3) is 0.0667. The maximum Gasteiger partial charge on any atom is 0.245 e. The molecular formula is C15H11ClFN3O2. The molecule has 0 amide bonds. The molecule has 0 saturated heterocycles. The Hall–Kier alpha value is -2.60. The number of nitrogens with zero attached hydrogens (tertiary/aromatic N) is 3. The van der Waals surface area contributed by atoms with E-state index in [-0.39, 0.29) is 17.5 Å². The average molecular weight is 320 g/mol. The van der Waals surface area contributed by atoms with Crippen molar-refractivity contribution >= 4 is 34.3 Å². The second kappa shape index (κ2) is 5.65. The van der Waals surface area contributed by atoms with Crippen LogP contribution in [0.25, 0.3) is 10.9 Å². The van der Waals surface area contributed by atoms with Gasteiger partial charge in [0.05, 0.1) is 18.3 Å². The first-order chi connectivity index (χ1) is 10.6. The monoisotopic (exact) mass is 319 g/mol. The van der Waals surface area contributed by atoms with E-state index in [1.807, 2.05) is 0 Å². The van der Waals surface area contributed by atoms with E-state index in [9.17, 15) is 9.50 Å². The minimum absolute atomic E-state index is 0.00705. The first kappa shape index (κ1) is 14.3. The van der Waals surface area contributed by atoms with E-state index in [1.165, 1.54) is 48.1 Å². The van der Waals surface area contributed by atoms with Crippen LogP contribution in [0.1, 0.15) is 0 Å². The van der Waals surface area contributed by atoms with Gasteiger partial charge < -0.3 is 9.84 Å². The van der Waals surface area contributed by atoms with Crippen molar-refractivity contribution in [2.75, 3.05) is 11.5 Å². The Morgan fingerprint density at radius 3 is 2.64 bits per heavy atom. The molecule has 0 fully saturated rings. The van der Waals surface area contributed by atoms with Crippen LogP contribution in [-0.4, -0.2) is 22.2 Å². The lowest BCUT2D eigenvalue weighted by atomic mass is 10.2.